The average molecular weight is 1140 g/mol. The summed E-state index contributed by atoms with van der Waals surface area (Å²) in [4.78, 5) is 38.5. The van der Waals surface area contributed by atoms with E-state index >= 15 is 0 Å². The molecular weight excluding hydrogens is 997 g/mol. The van der Waals surface area contributed by atoms with Gasteiger partial charge in [-0.15, -0.1) is 0 Å². The van der Waals surface area contributed by atoms with Crippen molar-refractivity contribution in [1.29, 1.82) is 0 Å². The van der Waals surface area contributed by atoms with E-state index in [1.807, 2.05) is 0 Å². The quantitative estimate of drug-likeness (QED) is 0.0261. The molecule has 81 heavy (non-hydrogen) atoms. The number of hydrogen-bond acceptors (Lipinski definition) is 6. The van der Waals surface area contributed by atoms with Crippen LogP contribution < -0.4 is 0 Å². The van der Waals surface area contributed by atoms with E-state index in [2.05, 4.69) is 57.2 Å². The molecule has 0 N–H and O–H groups in total. The van der Waals surface area contributed by atoms with E-state index in [4.69, 9.17) is 14.2 Å². The molecule has 0 amide bonds. The average Bonchev–Trinajstić information content (AvgIpc) is 3.47. The van der Waals surface area contributed by atoms with Crippen LogP contribution in [0.15, 0.2) is 36.5 Å². The Bertz CT molecular complexity index is 1350. The fourth-order valence-electron chi connectivity index (χ4n) is 11.1. The van der Waals surface area contributed by atoms with Crippen LogP contribution in [0.4, 0.5) is 0 Å². The number of esters is 3. The molecule has 0 saturated carbocycles. The third-order valence-corrected chi connectivity index (χ3v) is 16.6. The minimum Gasteiger partial charge on any atom is -0.462 e. The molecule has 0 spiro atoms. The first-order valence-electron chi connectivity index (χ1n) is 36.5. The van der Waals surface area contributed by atoms with E-state index in [9.17, 15) is 14.4 Å². The van der Waals surface area contributed by atoms with Gasteiger partial charge in [0.2, 0.25) is 0 Å². The highest BCUT2D eigenvalue weighted by Gasteiger charge is 2.19. The zero-order valence-corrected chi connectivity index (χ0v) is 54.8. The number of carbonyl (C=O) groups excluding carboxylic acids is 3. The van der Waals surface area contributed by atoms with Crippen LogP contribution in [-0.2, 0) is 28.6 Å². The summed E-state index contributed by atoms with van der Waals surface area (Å²) < 4.78 is 17.0. The van der Waals surface area contributed by atoms with Crippen molar-refractivity contribution in [3.63, 3.8) is 0 Å². The molecule has 1 unspecified atom stereocenters. The molecule has 0 radical (unpaired) electrons. The first-order chi connectivity index (χ1) is 40.0. The molecule has 476 valence electrons. The van der Waals surface area contributed by atoms with Gasteiger partial charge >= 0.3 is 17.9 Å². The molecule has 0 aromatic heterocycles. The van der Waals surface area contributed by atoms with Crippen molar-refractivity contribution in [3.8, 4) is 0 Å². The van der Waals surface area contributed by atoms with E-state index in [0.29, 0.717) is 19.3 Å². The second kappa shape index (κ2) is 70.1. The van der Waals surface area contributed by atoms with Crippen molar-refractivity contribution >= 4 is 17.9 Å². The minimum atomic E-state index is -0.776. The molecule has 0 aliphatic rings. The monoisotopic (exact) mass is 1140 g/mol. The first kappa shape index (κ1) is 78.6. The number of rotatable bonds is 68. The highest BCUT2D eigenvalue weighted by atomic mass is 16.6. The van der Waals surface area contributed by atoms with E-state index < -0.39 is 6.10 Å². The third kappa shape index (κ3) is 68.3. The van der Waals surface area contributed by atoms with E-state index in [1.54, 1.807) is 0 Å². The predicted octanol–water partition coefficient (Wildman–Crippen LogP) is 25.1. The van der Waals surface area contributed by atoms with Crippen LogP contribution in [0, 0.1) is 0 Å². The van der Waals surface area contributed by atoms with Gasteiger partial charge in [-0.05, 0) is 77.0 Å². The summed E-state index contributed by atoms with van der Waals surface area (Å²) >= 11 is 0. The van der Waals surface area contributed by atoms with Crippen LogP contribution in [0.3, 0.4) is 0 Å². The molecule has 0 rings (SSSR count). The summed E-state index contributed by atoms with van der Waals surface area (Å²) in [5, 5.41) is 0. The molecule has 0 heterocycles. The topological polar surface area (TPSA) is 78.9 Å². The summed E-state index contributed by atoms with van der Waals surface area (Å²) in [6, 6.07) is 0. The van der Waals surface area contributed by atoms with Crippen molar-refractivity contribution < 1.29 is 28.6 Å². The second-order valence-corrected chi connectivity index (χ2v) is 24.9. The molecule has 0 aliphatic carbocycles. The van der Waals surface area contributed by atoms with Crippen LogP contribution in [0.5, 0.6) is 0 Å². The van der Waals surface area contributed by atoms with Gasteiger partial charge in [-0.1, -0.05) is 346 Å². The van der Waals surface area contributed by atoms with Crippen LogP contribution in [0.25, 0.3) is 0 Å². The van der Waals surface area contributed by atoms with Gasteiger partial charge in [0, 0.05) is 19.3 Å². The van der Waals surface area contributed by atoms with Gasteiger partial charge in [0.15, 0.2) is 6.10 Å². The number of hydrogen-bond donors (Lipinski definition) is 0. The van der Waals surface area contributed by atoms with Crippen molar-refractivity contribution in [1.82, 2.24) is 0 Å². The van der Waals surface area contributed by atoms with Gasteiger partial charge < -0.3 is 14.2 Å². The van der Waals surface area contributed by atoms with Crippen LogP contribution in [-0.4, -0.2) is 37.2 Å². The van der Waals surface area contributed by atoms with Gasteiger partial charge in [-0.3, -0.25) is 14.4 Å². The van der Waals surface area contributed by atoms with Gasteiger partial charge in [-0.25, -0.2) is 0 Å². The maximum absolute atomic E-state index is 13.0. The molecule has 0 aromatic rings. The maximum atomic E-state index is 13.0. The molecular formula is C75H140O6. The molecule has 0 fully saturated rings. The zero-order valence-electron chi connectivity index (χ0n) is 54.8. The SMILES string of the molecule is CCCCC/C=C\C/C=C\CCCCCCCCCCCC(=O)OC(COC(=O)CCCCCCCCC/C=C\CCCCCCCCC)COC(=O)CCCCCCCCCCCCCCCCCCCCCCCCCCCC. The Morgan fingerprint density at radius 3 is 0.716 bits per heavy atom. The summed E-state index contributed by atoms with van der Waals surface area (Å²) in [7, 11) is 0. The molecule has 0 aliphatic heterocycles. The van der Waals surface area contributed by atoms with Crippen molar-refractivity contribution in [2.24, 2.45) is 0 Å². The van der Waals surface area contributed by atoms with Crippen LogP contribution in [0.1, 0.15) is 406 Å². The van der Waals surface area contributed by atoms with Crippen molar-refractivity contribution in [3.05, 3.63) is 36.5 Å². The lowest BCUT2D eigenvalue weighted by Gasteiger charge is -2.18. The Morgan fingerprint density at radius 2 is 0.444 bits per heavy atom. The summed E-state index contributed by atoms with van der Waals surface area (Å²) in [6.07, 6.45) is 87.5. The largest absolute Gasteiger partial charge is 0.462 e. The van der Waals surface area contributed by atoms with E-state index in [-0.39, 0.29) is 31.1 Å². The Morgan fingerprint density at radius 1 is 0.247 bits per heavy atom. The Balaban J connectivity index is 4.27. The minimum absolute atomic E-state index is 0.0703. The van der Waals surface area contributed by atoms with Gasteiger partial charge in [0.05, 0.1) is 0 Å². The molecule has 0 aromatic carbocycles. The standard InChI is InChI=1S/C75H140O6/c1-4-7-10-13-16-19-22-25-28-31-34-35-36-37-38-39-40-42-44-47-50-53-56-59-62-65-68-74(77)80-71-72(70-79-73(76)67-64-61-58-55-52-49-46-43-33-30-27-24-21-18-15-12-9-6-3)81-75(78)69-66-63-60-57-54-51-48-45-41-32-29-26-23-20-17-14-11-8-5-2/h17,20,26,29-30,33,72H,4-16,18-19,21-25,27-28,31-32,34-71H2,1-3H3/b20-17-,29-26-,33-30-. The van der Waals surface area contributed by atoms with Crippen molar-refractivity contribution in [2.75, 3.05) is 13.2 Å². The van der Waals surface area contributed by atoms with E-state index in [0.717, 1.165) is 64.2 Å². The molecule has 6 nitrogen and oxygen atoms in total. The number of carbonyl (C=O) groups is 3. The van der Waals surface area contributed by atoms with Gasteiger partial charge in [0.1, 0.15) is 13.2 Å². The fraction of sp³-hybridized carbons (Fsp3) is 0.880. The van der Waals surface area contributed by atoms with Crippen LogP contribution >= 0.6 is 0 Å². The lowest BCUT2D eigenvalue weighted by atomic mass is 10.0. The Kier molecular flexibility index (Phi) is 68.1. The van der Waals surface area contributed by atoms with E-state index in [1.165, 1.54) is 302 Å². The molecule has 0 bridgehead atoms. The second-order valence-electron chi connectivity index (χ2n) is 24.9. The van der Waals surface area contributed by atoms with Gasteiger partial charge in [-0.2, -0.15) is 0 Å². The molecule has 1 atom stereocenters. The molecule has 6 heteroatoms. The summed E-state index contributed by atoms with van der Waals surface area (Å²) in [6.45, 7) is 6.69. The lowest BCUT2D eigenvalue weighted by Crippen LogP contribution is -2.30. The lowest BCUT2D eigenvalue weighted by molar-refractivity contribution is -0.167. The highest BCUT2D eigenvalue weighted by molar-refractivity contribution is 5.71. The first-order valence-corrected chi connectivity index (χ1v) is 36.5. The summed E-state index contributed by atoms with van der Waals surface area (Å²) in [5.74, 6) is -0.848. The van der Waals surface area contributed by atoms with Crippen LogP contribution in [0.2, 0.25) is 0 Å². The van der Waals surface area contributed by atoms with Crippen molar-refractivity contribution in [2.45, 2.75) is 412 Å². The number of unbranched alkanes of at least 4 members (excludes halogenated alkanes) is 51. The normalized spacial score (nSPS) is 12.2. The summed E-state index contributed by atoms with van der Waals surface area (Å²) in [5.41, 5.74) is 0. The zero-order chi connectivity index (χ0) is 58.5. The Hall–Kier alpha value is -2.37. The smallest absolute Gasteiger partial charge is 0.306 e. The highest BCUT2D eigenvalue weighted by Crippen LogP contribution is 2.19. The molecule has 0 saturated heterocycles. The Labute approximate surface area is 506 Å². The predicted molar refractivity (Wildman–Crippen MR) is 353 cm³/mol. The van der Waals surface area contributed by atoms with Gasteiger partial charge in [0.25, 0.3) is 0 Å². The maximum Gasteiger partial charge on any atom is 0.306 e. The number of ether oxygens (including phenoxy) is 3. The number of allylic oxidation sites excluding steroid dienone is 6. The fourth-order valence-corrected chi connectivity index (χ4v) is 11.1. The third-order valence-electron chi connectivity index (χ3n) is 16.6.